The van der Waals surface area contributed by atoms with E-state index in [1.807, 2.05) is 12.1 Å². The molecule has 0 unspecified atom stereocenters. The Morgan fingerprint density at radius 3 is 2.76 bits per heavy atom. The molecule has 0 fully saturated rings. The molecule has 1 heterocycles. The van der Waals surface area contributed by atoms with E-state index in [1.54, 1.807) is 18.2 Å². The van der Waals surface area contributed by atoms with Gasteiger partial charge in [-0.1, -0.05) is 29.4 Å². The molecule has 0 amide bonds. The lowest BCUT2D eigenvalue weighted by Gasteiger charge is -1.96. The van der Waals surface area contributed by atoms with Crippen LogP contribution in [0.3, 0.4) is 0 Å². The highest BCUT2D eigenvalue weighted by molar-refractivity contribution is 7.88. The smallest absolute Gasteiger partial charge is 0.209 e. The average molecular weight is 251 g/mol. The number of rotatable bonds is 4. The van der Waals surface area contributed by atoms with Gasteiger partial charge in [-0.2, -0.15) is 0 Å². The molecule has 2 rings (SSSR count). The molecule has 89 valence electrons. The number of hydrogen-bond acceptors (Lipinski definition) is 4. The molecule has 6 heteroatoms. The third kappa shape index (κ3) is 3.40. The highest BCUT2D eigenvalue weighted by Gasteiger charge is 2.08. The van der Waals surface area contributed by atoms with Crippen LogP contribution in [0.1, 0.15) is 5.76 Å². The largest absolute Gasteiger partial charge is 0.359 e. The van der Waals surface area contributed by atoms with Crippen molar-refractivity contribution in [2.45, 2.75) is 6.54 Å². The van der Waals surface area contributed by atoms with Gasteiger partial charge >= 0.3 is 0 Å². The van der Waals surface area contributed by atoms with Crippen molar-refractivity contribution in [3.63, 3.8) is 0 Å². The van der Waals surface area contributed by atoms with Crippen LogP contribution in [0.2, 0.25) is 0 Å². The molecule has 17 heavy (non-hydrogen) atoms. The van der Waals surface area contributed by atoms with Crippen molar-refractivity contribution in [3.8, 4) is 11.3 Å². The number of hydrogen-bond donors (Lipinski definition) is 1. The quantitative estimate of drug-likeness (QED) is 0.886. The van der Waals surface area contributed by atoms with Gasteiger partial charge in [0.1, 0.15) is 5.69 Å². The number of aromatic nitrogens is 1. The third-order valence-corrected chi connectivity index (χ3v) is 2.75. The Balaban J connectivity index is 2.12. The predicted molar refractivity (Wildman–Crippen MR) is 62.5 cm³/mol. The van der Waals surface area contributed by atoms with E-state index in [1.165, 1.54) is 0 Å². The van der Waals surface area contributed by atoms with Crippen LogP contribution in [0.5, 0.6) is 0 Å². The fourth-order valence-electron chi connectivity index (χ4n) is 1.29. The van der Waals surface area contributed by atoms with E-state index in [0.717, 1.165) is 11.8 Å². The van der Waals surface area contributed by atoms with Gasteiger partial charge in [-0.3, -0.25) is 0 Å². The summed E-state index contributed by atoms with van der Waals surface area (Å²) in [5.41, 5.74) is 1.57. The lowest BCUT2D eigenvalue weighted by molar-refractivity contribution is 0.382. The van der Waals surface area contributed by atoms with Crippen molar-refractivity contribution in [1.29, 1.82) is 0 Å². The van der Waals surface area contributed by atoms with Crippen LogP contribution in [-0.2, 0) is 16.6 Å². The molecule has 1 radical (unpaired) electrons. The maximum absolute atomic E-state index is 10.9. The SMILES string of the molecule is CS(=O)(=O)NCc1cc(-c2cc[c]cc2)no1. The molecule has 1 aromatic heterocycles. The maximum Gasteiger partial charge on any atom is 0.209 e. The molecule has 0 saturated carbocycles. The Hall–Kier alpha value is -1.66. The van der Waals surface area contributed by atoms with E-state index >= 15 is 0 Å². The fraction of sp³-hybridized carbons (Fsp3) is 0.182. The molecule has 0 aliphatic rings. The molecule has 2 aromatic rings. The van der Waals surface area contributed by atoms with Crippen molar-refractivity contribution >= 4 is 10.0 Å². The van der Waals surface area contributed by atoms with Crippen LogP contribution < -0.4 is 4.72 Å². The standard InChI is InChI=1S/C11H11N2O3S/c1-17(14,15)12-8-10-7-11(13-16-10)9-5-3-2-4-6-9/h3-7,12H,8H2,1H3. The highest BCUT2D eigenvalue weighted by Crippen LogP contribution is 2.18. The van der Waals surface area contributed by atoms with Gasteiger partial charge in [0, 0.05) is 11.6 Å². The van der Waals surface area contributed by atoms with Gasteiger partial charge in [0.05, 0.1) is 12.8 Å². The van der Waals surface area contributed by atoms with E-state index in [4.69, 9.17) is 4.52 Å². The van der Waals surface area contributed by atoms with Crippen LogP contribution >= 0.6 is 0 Å². The molecule has 1 aromatic carbocycles. The van der Waals surface area contributed by atoms with Crippen LogP contribution in [0, 0.1) is 6.07 Å². The number of benzene rings is 1. The van der Waals surface area contributed by atoms with Crippen molar-refractivity contribution in [1.82, 2.24) is 9.88 Å². The molecule has 1 N–H and O–H groups in total. The first-order valence-corrected chi connectivity index (χ1v) is 6.80. The van der Waals surface area contributed by atoms with Gasteiger partial charge < -0.3 is 4.52 Å². The minimum atomic E-state index is -3.22. The van der Waals surface area contributed by atoms with Crippen LogP contribution in [0.25, 0.3) is 11.3 Å². The molecule has 0 spiro atoms. The lowest BCUT2D eigenvalue weighted by Crippen LogP contribution is -2.20. The van der Waals surface area contributed by atoms with Crippen LogP contribution in [-0.4, -0.2) is 19.8 Å². The van der Waals surface area contributed by atoms with Crippen molar-refractivity contribution in [3.05, 3.63) is 42.2 Å². The fourth-order valence-corrected chi connectivity index (χ4v) is 1.70. The first-order chi connectivity index (χ1) is 8.04. The van der Waals surface area contributed by atoms with Crippen LogP contribution in [0.4, 0.5) is 0 Å². The molecular formula is C11H11N2O3S. The van der Waals surface area contributed by atoms with E-state index in [9.17, 15) is 8.42 Å². The van der Waals surface area contributed by atoms with Crippen LogP contribution in [0.15, 0.2) is 34.9 Å². The Bertz CT molecular complexity index is 590. The monoisotopic (exact) mass is 251 g/mol. The van der Waals surface area contributed by atoms with Gasteiger partial charge in [-0.15, -0.1) is 0 Å². The summed E-state index contributed by atoms with van der Waals surface area (Å²) in [6, 6.07) is 11.9. The van der Waals surface area contributed by atoms with Crippen molar-refractivity contribution < 1.29 is 12.9 Å². The van der Waals surface area contributed by atoms with Gasteiger partial charge in [-0.05, 0) is 6.07 Å². The molecule has 0 aliphatic heterocycles. The van der Waals surface area contributed by atoms with Gasteiger partial charge in [-0.25, -0.2) is 13.1 Å². The second kappa shape index (κ2) is 4.68. The normalized spacial score (nSPS) is 11.6. The summed E-state index contributed by atoms with van der Waals surface area (Å²) in [6.07, 6.45) is 1.09. The van der Waals surface area contributed by atoms with E-state index in [-0.39, 0.29) is 6.54 Å². The van der Waals surface area contributed by atoms with Gasteiger partial charge in [0.2, 0.25) is 10.0 Å². The first-order valence-electron chi connectivity index (χ1n) is 4.91. The Labute approximate surface area is 99.5 Å². The van der Waals surface area contributed by atoms with E-state index in [0.29, 0.717) is 11.5 Å². The third-order valence-electron chi connectivity index (χ3n) is 2.08. The Morgan fingerprint density at radius 2 is 2.12 bits per heavy atom. The summed E-state index contributed by atoms with van der Waals surface area (Å²) < 4.78 is 29.2. The van der Waals surface area contributed by atoms with Gasteiger partial charge in [0.15, 0.2) is 5.76 Å². The summed E-state index contributed by atoms with van der Waals surface area (Å²) in [7, 11) is -3.22. The molecule has 0 aliphatic carbocycles. The zero-order valence-electron chi connectivity index (χ0n) is 9.17. The Morgan fingerprint density at radius 1 is 1.41 bits per heavy atom. The van der Waals surface area contributed by atoms with Crippen molar-refractivity contribution in [2.24, 2.45) is 0 Å². The molecule has 0 atom stereocenters. The minimum Gasteiger partial charge on any atom is -0.359 e. The summed E-state index contributed by atoms with van der Waals surface area (Å²) in [6.45, 7) is 0.102. The lowest BCUT2D eigenvalue weighted by atomic mass is 10.1. The van der Waals surface area contributed by atoms with Gasteiger partial charge in [0.25, 0.3) is 0 Å². The second-order valence-corrected chi connectivity index (χ2v) is 5.39. The first kappa shape index (κ1) is 11.8. The zero-order chi connectivity index (χ0) is 12.3. The number of sulfonamides is 1. The average Bonchev–Trinajstić information content (AvgIpc) is 2.75. The van der Waals surface area contributed by atoms with E-state index in [2.05, 4.69) is 15.9 Å². The summed E-state index contributed by atoms with van der Waals surface area (Å²) in [4.78, 5) is 0. The molecular weight excluding hydrogens is 240 g/mol. The van der Waals surface area contributed by atoms with E-state index < -0.39 is 10.0 Å². The van der Waals surface area contributed by atoms with Crippen molar-refractivity contribution in [2.75, 3.05) is 6.26 Å². The molecule has 0 saturated heterocycles. The Kier molecular flexibility index (Phi) is 3.26. The second-order valence-electron chi connectivity index (χ2n) is 3.56. The summed E-state index contributed by atoms with van der Waals surface area (Å²) in [5.74, 6) is 0.471. The maximum atomic E-state index is 10.9. The summed E-state index contributed by atoms with van der Waals surface area (Å²) in [5, 5.41) is 3.86. The number of nitrogens with zero attached hydrogens (tertiary/aromatic N) is 1. The zero-order valence-corrected chi connectivity index (χ0v) is 9.99. The highest BCUT2D eigenvalue weighted by atomic mass is 32.2. The number of nitrogens with one attached hydrogen (secondary N) is 1. The topological polar surface area (TPSA) is 72.2 Å². The minimum absolute atomic E-state index is 0.102. The molecule has 5 nitrogen and oxygen atoms in total. The summed E-state index contributed by atoms with van der Waals surface area (Å²) >= 11 is 0. The predicted octanol–water partition coefficient (Wildman–Crippen LogP) is 1.19. The molecule has 0 bridgehead atoms.